The van der Waals surface area contributed by atoms with Crippen LogP contribution in [0, 0.1) is 5.82 Å². The van der Waals surface area contributed by atoms with Gasteiger partial charge in [-0.15, -0.1) is 0 Å². The summed E-state index contributed by atoms with van der Waals surface area (Å²) in [6.07, 6.45) is 1.41. The van der Waals surface area contributed by atoms with Gasteiger partial charge in [0.05, 0.1) is 11.2 Å². The summed E-state index contributed by atoms with van der Waals surface area (Å²) >= 11 is 0. The SMILES string of the molecule is CC(C=C(F)B1OC(C)(C)C(C)(C)O1)c1cccc(F)c1. The van der Waals surface area contributed by atoms with Gasteiger partial charge in [0.2, 0.25) is 0 Å². The largest absolute Gasteiger partial charge is 0.524 e. The highest BCUT2D eigenvalue weighted by Gasteiger charge is 2.53. The number of rotatable bonds is 3. The molecule has 1 aliphatic heterocycles. The first kappa shape index (κ1) is 16.2. The first-order valence-electron chi connectivity index (χ1n) is 7.11. The predicted octanol–water partition coefficient (Wildman–Crippen LogP) is 4.41. The molecule has 0 N–H and O–H groups in total. The number of hydrogen-bond donors (Lipinski definition) is 0. The smallest absolute Gasteiger partial charge is 0.398 e. The fourth-order valence-electron chi connectivity index (χ4n) is 2.16. The molecule has 0 aliphatic carbocycles. The fourth-order valence-corrected chi connectivity index (χ4v) is 2.16. The van der Waals surface area contributed by atoms with Gasteiger partial charge in [-0.1, -0.05) is 19.1 Å². The third kappa shape index (κ3) is 3.35. The normalized spacial score (nSPS) is 22.4. The van der Waals surface area contributed by atoms with E-state index in [0.717, 1.165) is 0 Å². The third-order valence-electron chi connectivity index (χ3n) is 4.26. The molecular formula is C16H21BF2O2. The average Bonchev–Trinajstić information content (AvgIpc) is 2.58. The quantitative estimate of drug-likeness (QED) is 0.769. The molecule has 1 heterocycles. The molecule has 0 saturated carbocycles. The molecule has 1 unspecified atom stereocenters. The van der Waals surface area contributed by atoms with Crippen molar-refractivity contribution in [2.45, 2.75) is 51.7 Å². The number of halogens is 2. The Bertz CT molecular complexity index is 539. The summed E-state index contributed by atoms with van der Waals surface area (Å²) in [6.45, 7) is 9.29. The van der Waals surface area contributed by atoms with Crippen LogP contribution in [-0.2, 0) is 9.31 Å². The molecule has 114 valence electrons. The Labute approximate surface area is 125 Å². The molecule has 0 amide bonds. The summed E-state index contributed by atoms with van der Waals surface area (Å²) in [6, 6.07) is 6.15. The highest BCUT2D eigenvalue weighted by atomic mass is 19.1. The van der Waals surface area contributed by atoms with Crippen LogP contribution < -0.4 is 0 Å². The van der Waals surface area contributed by atoms with Gasteiger partial charge < -0.3 is 9.31 Å². The van der Waals surface area contributed by atoms with Crippen molar-refractivity contribution in [3.8, 4) is 0 Å². The van der Waals surface area contributed by atoms with Gasteiger partial charge >= 0.3 is 7.12 Å². The molecule has 0 aromatic heterocycles. The Balaban J connectivity index is 2.15. The Morgan fingerprint density at radius 1 is 1.19 bits per heavy atom. The standard InChI is InChI=1S/C16H21BF2O2/c1-11(12-7-6-8-13(18)10-12)9-14(19)17-20-15(2,3)16(4,5)21-17/h6-11H,1-5H3. The maximum atomic E-state index is 14.3. The average molecular weight is 294 g/mol. The minimum atomic E-state index is -1.01. The molecule has 0 bridgehead atoms. The molecule has 5 heteroatoms. The minimum Gasteiger partial charge on any atom is -0.398 e. The molecule has 2 rings (SSSR count). The lowest BCUT2D eigenvalue weighted by molar-refractivity contribution is 0.00578. The third-order valence-corrected chi connectivity index (χ3v) is 4.26. The first-order valence-corrected chi connectivity index (χ1v) is 7.11. The van der Waals surface area contributed by atoms with Crippen LogP contribution in [0.25, 0.3) is 0 Å². The van der Waals surface area contributed by atoms with Crippen molar-refractivity contribution >= 4 is 7.12 Å². The van der Waals surface area contributed by atoms with E-state index in [9.17, 15) is 8.78 Å². The maximum Gasteiger partial charge on any atom is 0.524 e. The summed E-state index contributed by atoms with van der Waals surface area (Å²) in [7, 11) is -1.01. The summed E-state index contributed by atoms with van der Waals surface area (Å²) in [4.78, 5) is 0. The van der Waals surface area contributed by atoms with E-state index in [1.165, 1.54) is 18.2 Å². The molecule has 1 aromatic carbocycles. The van der Waals surface area contributed by atoms with Crippen molar-refractivity contribution in [1.82, 2.24) is 0 Å². The van der Waals surface area contributed by atoms with Crippen LogP contribution in [0.3, 0.4) is 0 Å². The van der Waals surface area contributed by atoms with Crippen LogP contribution >= 0.6 is 0 Å². The lowest BCUT2D eigenvalue weighted by atomic mass is 9.85. The van der Waals surface area contributed by atoms with Gasteiger partial charge in [0.1, 0.15) is 11.5 Å². The molecule has 2 nitrogen and oxygen atoms in total. The minimum absolute atomic E-state index is 0.264. The summed E-state index contributed by atoms with van der Waals surface area (Å²) in [5.74, 6) is -0.594. The van der Waals surface area contributed by atoms with Crippen molar-refractivity contribution in [3.63, 3.8) is 0 Å². The second-order valence-electron chi connectivity index (χ2n) is 6.48. The highest BCUT2D eigenvalue weighted by Crippen LogP contribution is 2.39. The molecular weight excluding hydrogens is 273 g/mol. The monoisotopic (exact) mass is 294 g/mol. The van der Waals surface area contributed by atoms with Crippen molar-refractivity contribution in [2.24, 2.45) is 0 Å². The molecule has 1 fully saturated rings. The van der Waals surface area contributed by atoms with Crippen LogP contribution in [0.15, 0.2) is 36.1 Å². The second-order valence-corrected chi connectivity index (χ2v) is 6.48. The van der Waals surface area contributed by atoms with E-state index in [4.69, 9.17) is 9.31 Å². The molecule has 1 saturated heterocycles. The lowest BCUT2D eigenvalue weighted by Gasteiger charge is -2.32. The van der Waals surface area contributed by atoms with Gasteiger partial charge in [-0.05, 0) is 51.5 Å². The van der Waals surface area contributed by atoms with Gasteiger partial charge in [-0.25, -0.2) is 8.78 Å². The van der Waals surface area contributed by atoms with Gasteiger partial charge in [-0.3, -0.25) is 0 Å². The molecule has 0 radical (unpaired) electrons. The van der Waals surface area contributed by atoms with Crippen LogP contribution in [0.4, 0.5) is 8.78 Å². The lowest BCUT2D eigenvalue weighted by Crippen LogP contribution is -2.41. The van der Waals surface area contributed by atoms with Crippen LogP contribution in [-0.4, -0.2) is 18.3 Å². The zero-order valence-electron chi connectivity index (χ0n) is 13.1. The molecule has 21 heavy (non-hydrogen) atoms. The summed E-state index contributed by atoms with van der Waals surface area (Å²) < 4.78 is 38.8. The Hall–Kier alpha value is -1.20. The zero-order chi connectivity index (χ0) is 15.8. The van der Waals surface area contributed by atoms with Crippen molar-refractivity contribution in [1.29, 1.82) is 0 Å². The van der Waals surface area contributed by atoms with Crippen LogP contribution in [0.1, 0.15) is 46.1 Å². The highest BCUT2D eigenvalue weighted by molar-refractivity contribution is 6.53. The van der Waals surface area contributed by atoms with Gasteiger partial charge in [0, 0.05) is 5.92 Å². The second kappa shape index (κ2) is 5.54. The van der Waals surface area contributed by atoms with Crippen molar-refractivity contribution < 1.29 is 18.1 Å². The van der Waals surface area contributed by atoms with E-state index >= 15 is 0 Å². The van der Waals surface area contributed by atoms with Crippen LogP contribution in [0.5, 0.6) is 0 Å². The van der Waals surface area contributed by atoms with E-state index in [2.05, 4.69) is 0 Å². The van der Waals surface area contributed by atoms with E-state index in [-0.39, 0.29) is 11.7 Å². The maximum absolute atomic E-state index is 14.3. The van der Waals surface area contributed by atoms with E-state index in [1.807, 2.05) is 27.7 Å². The predicted molar refractivity (Wildman–Crippen MR) is 80.1 cm³/mol. The topological polar surface area (TPSA) is 18.5 Å². The molecule has 1 aliphatic rings. The number of benzene rings is 1. The zero-order valence-corrected chi connectivity index (χ0v) is 13.1. The Kier molecular flexibility index (Phi) is 4.27. The first-order chi connectivity index (χ1) is 9.62. The van der Waals surface area contributed by atoms with E-state index in [1.54, 1.807) is 19.1 Å². The number of hydrogen-bond acceptors (Lipinski definition) is 2. The Morgan fingerprint density at radius 3 is 2.29 bits per heavy atom. The van der Waals surface area contributed by atoms with E-state index in [0.29, 0.717) is 5.56 Å². The molecule has 1 aromatic rings. The Morgan fingerprint density at radius 2 is 1.76 bits per heavy atom. The van der Waals surface area contributed by atoms with E-state index < -0.39 is 24.0 Å². The number of allylic oxidation sites excluding steroid dienone is 1. The van der Waals surface area contributed by atoms with Crippen molar-refractivity contribution in [3.05, 3.63) is 47.4 Å². The molecule has 0 spiro atoms. The van der Waals surface area contributed by atoms with Crippen molar-refractivity contribution in [2.75, 3.05) is 0 Å². The van der Waals surface area contributed by atoms with Gasteiger partial charge in [0.25, 0.3) is 0 Å². The van der Waals surface area contributed by atoms with Crippen LogP contribution in [0.2, 0.25) is 0 Å². The van der Waals surface area contributed by atoms with Gasteiger partial charge in [0.15, 0.2) is 0 Å². The summed E-state index contributed by atoms with van der Waals surface area (Å²) in [5.41, 5.74) is -0.928. The fraction of sp³-hybridized carbons (Fsp3) is 0.500. The molecule has 1 atom stereocenters. The summed E-state index contributed by atoms with van der Waals surface area (Å²) in [5, 5.41) is 0. The van der Waals surface area contributed by atoms with Gasteiger partial charge in [-0.2, -0.15) is 0 Å².